The summed E-state index contributed by atoms with van der Waals surface area (Å²) >= 11 is 0. The van der Waals surface area contributed by atoms with Crippen LogP contribution in [0.15, 0.2) is 48.7 Å². The van der Waals surface area contributed by atoms with Crippen LogP contribution in [0.2, 0.25) is 0 Å². The van der Waals surface area contributed by atoms with Gasteiger partial charge in [0, 0.05) is 12.7 Å². The molecule has 4 N–H and O–H groups in total. The molecule has 0 aliphatic carbocycles. The largest absolute Gasteiger partial charge is 0.478 e. The van der Waals surface area contributed by atoms with E-state index < -0.39 is 24.3 Å². The van der Waals surface area contributed by atoms with Crippen LogP contribution < -0.4 is 5.32 Å². The highest BCUT2D eigenvalue weighted by Crippen LogP contribution is 2.20. The third-order valence-electron chi connectivity index (χ3n) is 3.64. The monoisotopic (exact) mass is 360 g/mol. The number of hydrogen-bond acceptors (Lipinski definition) is 6. The number of rotatable bonds is 8. The van der Waals surface area contributed by atoms with Crippen LogP contribution in [0.4, 0.5) is 4.79 Å². The SMILES string of the molecule is O=C(NCCC(O)C(O)c1ncccc1C(=O)O)OCc1ccccc1. The van der Waals surface area contributed by atoms with Crippen LogP contribution in [-0.2, 0) is 11.3 Å². The number of amides is 1. The number of nitrogens with zero attached hydrogens (tertiary/aromatic N) is 1. The maximum atomic E-state index is 11.6. The molecule has 0 fully saturated rings. The van der Waals surface area contributed by atoms with Gasteiger partial charge in [0.25, 0.3) is 0 Å². The lowest BCUT2D eigenvalue weighted by atomic mass is 10.0. The topological polar surface area (TPSA) is 129 Å². The average Bonchev–Trinajstić information content (AvgIpc) is 2.66. The molecule has 2 atom stereocenters. The van der Waals surface area contributed by atoms with Crippen molar-refractivity contribution in [1.29, 1.82) is 0 Å². The van der Waals surface area contributed by atoms with Crippen LogP contribution >= 0.6 is 0 Å². The summed E-state index contributed by atoms with van der Waals surface area (Å²) in [6.07, 6.45) is -2.10. The smallest absolute Gasteiger partial charge is 0.407 e. The Hall–Kier alpha value is -2.97. The van der Waals surface area contributed by atoms with E-state index >= 15 is 0 Å². The van der Waals surface area contributed by atoms with Gasteiger partial charge in [0.05, 0.1) is 17.4 Å². The zero-order valence-electron chi connectivity index (χ0n) is 13.9. The van der Waals surface area contributed by atoms with E-state index in [2.05, 4.69) is 10.3 Å². The number of hydrogen-bond donors (Lipinski definition) is 4. The number of carboxylic acid groups (broad SMARTS) is 1. The third kappa shape index (κ3) is 5.54. The van der Waals surface area contributed by atoms with Gasteiger partial charge in [0.1, 0.15) is 12.7 Å². The first-order valence-electron chi connectivity index (χ1n) is 7.98. The van der Waals surface area contributed by atoms with Crippen molar-refractivity contribution in [2.24, 2.45) is 0 Å². The van der Waals surface area contributed by atoms with E-state index in [0.29, 0.717) is 0 Å². The van der Waals surface area contributed by atoms with Crippen molar-refractivity contribution in [3.05, 3.63) is 65.5 Å². The van der Waals surface area contributed by atoms with E-state index in [4.69, 9.17) is 9.84 Å². The maximum absolute atomic E-state index is 11.6. The third-order valence-corrected chi connectivity index (χ3v) is 3.64. The molecule has 8 heteroatoms. The van der Waals surface area contributed by atoms with Gasteiger partial charge in [-0.05, 0) is 24.1 Å². The van der Waals surface area contributed by atoms with Crippen LogP contribution in [-0.4, -0.2) is 45.0 Å². The molecule has 1 amide bonds. The van der Waals surface area contributed by atoms with Crippen molar-refractivity contribution in [1.82, 2.24) is 10.3 Å². The molecule has 0 saturated carbocycles. The van der Waals surface area contributed by atoms with Gasteiger partial charge in [0.2, 0.25) is 0 Å². The van der Waals surface area contributed by atoms with E-state index in [1.165, 1.54) is 18.3 Å². The molecular weight excluding hydrogens is 340 g/mol. The summed E-state index contributed by atoms with van der Waals surface area (Å²) in [4.78, 5) is 26.6. The number of aromatic carboxylic acids is 1. The van der Waals surface area contributed by atoms with Gasteiger partial charge in [-0.3, -0.25) is 4.98 Å². The Morgan fingerprint density at radius 2 is 1.85 bits per heavy atom. The quantitative estimate of drug-likeness (QED) is 0.561. The number of benzene rings is 1. The molecule has 0 aliphatic rings. The van der Waals surface area contributed by atoms with Crippen molar-refractivity contribution in [2.75, 3.05) is 6.54 Å². The van der Waals surface area contributed by atoms with Crippen LogP contribution in [0.3, 0.4) is 0 Å². The lowest BCUT2D eigenvalue weighted by Crippen LogP contribution is -2.30. The molecule has 0 saturated heterocycles. The summed E-state index contributed by atoms with van der Waals surface area (Å²) in [5, 5.41) is 31.7. The Labute approximate surface area is 150 Å². The van der Waals surface area contributed by atoms with Gasteiger partial charge >= 0.3 is 12.1 Å². The lowest BCUT2D eigenvalue weighted by molar-refractivity contribution is 0.0102. The zero-order chi connectivity index (χ0) is 18.9. The van der Waals surface area contributed by atoms with Gasteiger partial charge < -0.3 is 25.4 Å². The Balaban J connectivity index is 1.78. The number of carbonyl (C=O) groups is 2. The van der Waals surface area contributed by atoms with E-state index in [1.807, 2.05) is 30.3 Å². The summed E-state index contributed by atoms with van der Waals surface area (Å²) in [5.74, 6) is -1.25. The summed E-state index contributed by atoms with van der Waals surface area (Å²) in [5.41, 5.74) is 0.530. The first-order chi connectivity index (χ1) is 12.5. The Morgan fingerprint density at radius 3 is 2.54 bits per heavy atom. The number of carboxylic acids is 1. The lowest BCUT2D eigenvalue weighted by Gasteiger charge is -2.18. The average molecular weight is 360 g/mol. The van der Waals surface area contributed by atoms with Crippen molar-refractivity contribution in [3.63, 3.8) is 0 Å². The molecule has 0 bridgehead atoms. The fourth-order valence-electron chi connectivity index (χ4n) is 2.27. The Bertz CT molecular complexity index is 737. The predicted molar refractivity (Wildman–Crippen MR) is 91.4 cm³/mol. The number of carbonyl (C=O) groups excluding carboxylic acids is 1. The second kappa shape index (κ2) is 9.50. The number of aromatic nitrogens is 1. The zero-order valence-corrected chi connectivity index (χ0v) is 13.9. The molecule has 2 aromatic rings. The molecule has 2 unspecified atom stereocenters. The molecule has 8 nitrogen and oxygen atoms in total. The van der Waals surface area contributed by atoms with E-state index in [0.717, 1.165) is 5.56 Å². The van der Waals surface area contributed by atoms with Crippen LogP contribution in [0, 0.1) is 0 Å². The molecule has 0 aliphatic heterocycles. The normalized spacial score (nSPS) is 12.8. The second-order valence-electron chi connectivity index (χ2n) is 5.53. The van der Waals surface area contributed by atoms with Crippen LogP contribution in [0.5, 0.6) is 0 Å². The summed E-state index contributed by atoms with van der Waals surface area (Å²) in [7, 11) is 0. The fraction of sp³-hybridized carbons (Fsp3) is 0.278. The number of aliphatic hydroxyl groups excluding tert-OH is 2. The highest BCUT2D eigenvalue weighted by molar-refractivity contribution is 5.88. The molecule has 1 aromatic heterocycles. The molecule has 26 heavy (non-hydrogen) atoms. The van der Waals surface area contributed by atoms with Crippen molar-refractivity contribution in [2.45, 2.75) is 25.2 Å². The standard InChI is InChI=1S/C18H20N2O6/c21-14(16(22)15-13(17(23)24)7-4-9-19-15)8-10-20-18(25)26-11-12-5-2-1-3-6-12/h1-7,9,14,16,21-22H,8,10-11H2,(H,20,25)(H,23,24). The molecule has 0 spiro atoms. The van der Waals surface area contributed by atoms with Crippen molar-refractivity contribution < 1.29 is 29.6 Å². The van der Waals surface area contributed by atoms with Crippen molar-refractivity contribution >= 4 is 12.1 Å². The van der Waals surface area contributed by atoms with E-state index in [1.54, 1.807) is 0 Å². The summed E-state index contributed by atoms with van der Waals surface area (Å²) < 4.78 is 5.02. The number of ether oxygens (including phenoxy) is 1. The highest BCUT2D eigenvalue weighted by Gasteiger charge is 2.24. The molecule has 0 radical (unpaired) electrons. The number of pyridine rings is 1. The minimum absolute atomic E-state index is 0.00274. The summed E-state index contributed by atoms with van der Waals surface area (Å²) in [6, 6.07) is 11.9. The first kappa shape index (κ1) is 19.4. The Kier molecular flexibility index (Phi) is 7.07. The highest BCUT2D eigenvalue weighted by atomic mass is 16.5. The maximum Gasteiger partial charge on any atom is 0.407 e. The van der Waals surface area contributed by atoms with Gasteiger partial charge in [-0.2, -0.15) is 0 Å². The summed E-state index contributed by atoms with van der Waals surface area (Å²) in [6.45, 7) is 0.162. The van der Waals surface area contributed by atoms with Crippen LogP contribution in [0.25, 0.3) is 0 Å². The van der Waals surface area contributed by atoms with E-state index in [9.17, 15) is 19.8 Å². The van der Waals surface area contributed by atoms with Gasteiger partial charge in [-0.25, -0.2) is 9.59 Å². The van der Waals surface area contributed by atoms with Gasteiger partial charge in [-0.1, -0.05) is 30.3 Å². The van der Waals surface area contributed by atoms with Crippen molar-refractivity contribution in [3.8, 4) is 0 Å². The molecule has 1 aromatic carbocycles. The minimum Gasteiger partial charge on any atom is -0.478 e. The van der Waals surface area contributed by atoms with Gasteiger partial charge in [0.15, 0.2) is 0 Å². The number of aliphatic hydroxyl groups is 2. The predicted octanol–water partition coefficient (Wildman–Crippen LogP) is 1.49. The Morgan fingerprint density at radius 1 is 1.12 bits per heavy atom. The molecular formula is C18H20N2O6. The molecule has 1 heterocycles. The number of nitrogens with one attached hydrogen (secondary N) is 1. The van der Waals surface area contributed by atoms with E-state index in [-0.39, 0.29) is 30.8 Å². The molecule has 2 rings (SSSR count). The molecule has 138 valence electrons. The fourth-order valence-corrected chi connectivity index (χ4v) is 2.27. The second-order valence-corrected chi connectivity index (χ2v) is 5.53. The van der Waals surface area contributed by atoms with Crippen LogP contribution in [0.1, 0.15) is 34.1 Å². The van der Waals surface area contributed by atoms with Gasteiger partial charge in [-0.15, -0.1) is 0 Å². The first-order valence-corrected chi connectivity index (χ1v) is 7.98. The minimum atomic E-state index is -1.48. The number of alkyl carbamates (subject to hydrolysis) is 1.